The van der Waals surface area contributed by atoms with Gasteiger partial charge in [0, 0.05) is 5.69 Å². The third kappa shape index (κ3) is 3.56. The lowest BCUT2D eigenvalue weighted by Crippen LogP contribution is -2.43. The minimum Gasteiger partial charge on any atom is -0.346 e. The van der Waals surface area contributed by atoms with Gasteiger partial charge in [-0.05, 0) is 31.5 Å². The molecule has 18 heavy (non-hydrogen) atoms. The molecule has 0 saturated carbocycles. The zero-order valence-electron chi connectivity index (χ0n) is 10.1. The Morgan fingerprint density at radius 3 is 2.72 bits per heavy atom. The summed E-state index contributed by atoms with van der Waals surface area (Å²) in [6, 6.07) is 9.03. The van der Waals surface area contributed by atoms with E-state index in [1.807, 2.05) is 18.2 Å². The molecule has 1 atom stereocenters. The van der Waals surface area contributed by atoms with Gasteiger partial charge >= 0.3 is 0 Å². The predicted octanol–water partition coefficient (Wildman–Crippen LogP) is 0.493. The lowest BCUT2D eigenvalue weighted by Gasteiger charge is -2.11. The normalized spacial score (nSPS) is 18.3. The average molecular weight is 247 g/mol. The minimum absolute atomic E-state index is 0.00586. The predicted molar refractivity (Wildman–Crippen MR) is 69.1 cm³/mol. The number of hydrogen-bond acceptors (Lipinski definition) is 3. The van der Waals surface area contributed by atoms with Crippen molar-refractivity contribution in [2.24, 2.45) is 0 Å². The van der Waals surface area contributed by atoms with E-state index in [1.165, 1.54) is 0 Å². The van der Waals surface area contributed by atoms with Crippen LogP contribution in [0.1, 0.15) is 12.8 Å². The van der Waals surface area contributed by atoms with Crippen LogP contribution in [0.4, 0.5) is 5.69 Å². The van der Waals surface area contributed by atoms with E-state index in [4.69, 9.17) is 0 Å². The second-order valence-electron chi connectivity index (χ2n) is 4.28. The summed E-state index contributed by atoms with van der Waals surface area (Å²) in [4.78, 5) is 23.2. The molecule has 1 heterocycles. The fraction of sp³-hybridized carbons (Fsp3) is 0.385. The lowest BCUT2D eigenvalue weighted by atomic mass is 10.2. The van der Waals surface area contributed by atoms with Gasteiger partial charge in [-0.3, -0.25) is 9.59 Å². The topological polar surface area (TPSA) is 70.2 Å². The minimum atomic E-state index is -0.215. The first-order valence-corrected chi connectivity index (χ1v) is 6.12. The van der Waals surface area contributed by atoms with E-state index in [0.717, 1.165) is 25.1 Å². The molecule has 1 aliphatic rings. The van der Waals surface area contributed by atoms with Gasteiger partial charge in [-0.1, -0.05) is 18.2 Å². The van der Waals surface area contributed by atoms with Crippen molar-refractivity contribution >= 4 is 17.5 Å². The van der Waals surface area contributed by atoms with Crippen LogP contribution in [0.15, 0.2) is 30.3 Å². The molecule has 0 aromatic heterocycles. The molecule has 0 aliphatic carbocycles. The Labute approximate surface area is 106 Å². The van der Waals surface area contributed by atoms with Gasteiger partial charge in [0.2, 0.25) is 11.8 Å². The molecule has 0 spiro atoms. The third-order valence-corrected chi connectivity index (χ3v) is 2.86. The van der Waals surface area contributed by atoms with Crippen molar-refractivity contribution in [3.05, 3.63) is 30.3 Å². The number of para-hydroxylation sites is 1. The second-order valence-corrected chi connectivity index (χ2v) is 4.28. The molecule has 2 amide bonds. The fourth-order valence-electron chi connectivity index (χ4n) is 1.93. The van der Waals surface area contributed by atoms with Crippen molar-refractivity contribution in [1.82, 2.24) is 10.6 Å². The first-order valence-electron chi connectivity index (χ1n) is 6.12. The van der Waals surface area contributed by atoms with E-state index in [2.05, 4.69) is 16.0 Å². The van der Waals surface area contributed by atoms with Crippen LogP contribution in [0.3, 0.4) is 0 Å². The Bertz CT molecular complexity index is 414. The molecule has 1 aliphatic heterocycles. The van der Waals surface area contributed by atoms with E-state index >= 15 is 0 Å². The molecule has 2 rings (SSSR count). The fourth-order valence-corrected chi connectivity index (χ4v) is 1.93. The molecular weight excluding hydrogens is 230 g/mol. The van der Waals surface area contributed by atoms with Crippen LogP contribution < -0.4 is 16.0 Å². The van der Waals surface area contributed by atoms with Gasteiger partial charge < -0.3 is 16.0 Å². The Morgan fingerprint density at radius 2 is 2.06 bits per heavy atom. The molecule has 1 fully saturated rings. The van der Waals surface area contributed by atoms with Crippen molar-refractivity contribution in [1.29, 1.82) is 0 Å². The van der Waals surface area contributed by atoms with Crippen molar-refractivity contribution in [2.45, 2.75) is 18.9 Å². The summed E-state index contributed by atoms with van der Waals surface area (Å²) in [5, 5.41) is 8.43. The van der Waals surface area contributed by atoms with Crippen LogP contribution in [-0.2, 0) is 9.59 Å². The molecule has 0 radical (unpaired) electrons. The Morgan fingerprint density at radius 1 is 1.28 bits per heavy atom. The zero-order chi connectivity index (χ0) is 12.8. The first-order chi connectivity index (χ1) is 8.75. The molecule has 96 valence electrons. The smallest absolute Gasteiger partial charge is 0.243 e. The van der Waals surface area contributed by atoms with E-state index in [1.54, 1.807) is 12.1 Å². The van der Waals surface area contributed by atoms with E-state index in [9.17, 15) is 9.59 Å². The largest absolute Gasteiger partial charge is 0.346 e. The van der Waals surface area contributed by atoms with Crippen LogP contribution in [-0.4, -0.2) is 30.9 Å². The number of rotatable bonds is 4. The van der Waals surface area contributed by atoms with Gasteiger partial charge in [-0.25, -0.2) is 0 Å². The highest BCUT2D eigenvalue weighted by Gasteiger charge is 2.21. The summed E-state index contributed by atoms with van der Waals surface area (Å²) in [5.74, 6) is -0.316. The van der Waals surface area contributed by atoms with Crippen LogP contribution in [0.2, 0.25) is 0 Å². The van der Waals surface area contributed by atoms with Crippen LogP contribution in [0.5, 0.6) is 0 Å². The van der Waals surface area contributed by atoms with Gasteiger partial charge in [-0.2, -0.15) is 0 Å². The number of carbonyl (C=O) groups excluding carboxylic acids is 2. The molecule has 1 saturated heterocycles. The van der Waals surface area contributed by atoms with Crippen LogP contribution >= 0.6 is 0 Å². The summed E-state index contributed by atoms with van der Waals surface area (Å²) in [6.07, 6.45) is 1.85. The molecule has 5 nitrogen and oxygen atoms in total. The maximum Gasteiger partial charge on any atom is 0.243 e. The number of amides is 2. The summed E-state index contributed by atoms with van der Waals surface area (Å²) in [5.41, 5.74) is 0.732. The summed E-state index contributed by atoms with van der Waals surface area (Å²) in [6.45, 7) is 0.875. The molecule has 5 heteroatoms. The number of nitrogens with one attached hydrogen (secondary N) is 3. The highest BCUT2D eigenvalue weighted by atomic mass is 16.2. The highest BCUT2D eigenvalue weighted by Crippen LogP contribution is 2.05. The number of carbonyl (C=O) groups is 2. The maximum atomic E-state index is 11.6. The molecule has 0 bridgehead atoms. The second kappa shape index (κ2) is 6.16. The third-order valence-electron chi connectivity index (χ3n) is 2.86. The first kappa shape index (κ1) is 12.6. The Kier molecular flexibility index (Phi) is 4.30. The van der Waals surface area contributed by atoms with Gasteiger partial charge in [0.05, 0.1) is 12.6 Å². The quantitative estimate of drug-likeness (QED) is 0.725. The monoisotopic (exact) mass is 247 g/mol. The summed E-state index contributed by atoms with van der Waals surface area (Å²) >= 11 is 0. The van der Waals surface area contributed by atoms with Crippen molar-refractivity contribution < 1.29 is 9.59 Å². The van der Waals surface area contributed by atoms with E-state index in [0.29, 0.717) is 0 Å². The number of hydrogen-bond donors (Lipinski definition) is 3. The van der Waals surface area contributed by atoms with Crippen LogP contribution in [0, 0.1) is 0 Å². The highest BCUT2D eigenvalue weighted by molar-refractivity contribution is 5.95. The lowest BCUT2D eigenvalue weighted by molar-refractivity contribution is -0.125. The molecule has 3 N–H and O–H groups in total. The average Bonchev–Trinajstić information content (AvgIpc) is 2.91. The molecule has 1 unspecified atom stereocenters. The summed E-state index contributed by atoms with van der Waals surface area (Å²) < 4.78 is 0. The van der Waals surface area contributed by atoms with Gasteiger partial charge in [0.15, 0.2) is 0 Å². The van der Waals surface area contributed by atoms with Gasteiger partial charge in [0.1, 0.15) is 0 Å². The zero-order valence-corrected chi connectivity index (χ0v) is 10.1. The van der Waals surface area contributed by atoms with E-state index in [-0.39, 0.29) is 24.4 Å². The Hall–Kier alpha value is -1.88. The van der Waals surface area contributed by atoms with Gasteiger partial charge in [0.25, 0.3) is 0 Å². The summed E-state index contributed by atoms with van der Waals surface area (Å²) in [7, 11) is 0. The Balaban J connectivity index is 1.73. The van der Waals surface area contributed by atoms with E-state index < -0.39 is 0 Å². The van der Waals surface area contributed by atoms with Gasteiger partial charge in [-0.15, -0.1) is 0 Å². The SMILES string of the molecule is O=C(CNC(=O)C1CCCN1)Nc1ccccc1. The van der Waals surface area contributed by atoms with Crippen LogP contribution in [0.25, 0.3) is 0 Å². The molecular formula is C13H17N3O2. The molecule has 1 aromatic carbocycles. The number of anilines is 1. The molecule has 1 aromatic rings. The maximum absolute atomic E-state index is 11.6. The standard InChI is InChI=1S/C13H17N3O2/c17-12(16-10-5-2-1-3-6-10)9-15-13(18)11-7-4-8-14-11/h1-3,5-6,11,14H,4,7-9H2,(H,15,18)(H,16,17). The number of benzene rings is 1. The van der Waals surface area contributed by atoms with Crippen molar-refractivity contribution in [3.63, 3.8) is 0 Å². The van der Waals surface area contributed by atoms with Crippen molar-refractivity contribution in [3.8, 4) is 0 Å². The van der Waals surface area contributed by atoms with Crippen molar-refractivity contribution in [2.75, 3.05) is 18.4 Å².